The first-order valence-electron chi connectivity index (χ1n) is 11.1. The number of amides is 1. The number of hydrogen-bond acceptors (Lipinski definition) is 6. The summed E-state index contributed by atoms with van der Waals surface area (Å²) in [6, 6.07) is 17.1. The van der Waals surface area contributed by atoms with Crippen molar-refractivity contribution in [1.82, 2.24) is 4.98 Å². The summed E-state index contributed by atoms with van der Waals surface area (Å²) >= 11 is 5.12. The number of halogens is 1. The Bertz CT molecular complexity index is 1260. The molecular formula is C26H25BrN2O4S. The molecule has 0 aliphatic carbocycles. The summed E-state index contributed by atoms with van der Waals surface area (Å²) in [5.41, 5.74) is 2.84. The molecule has 1 amide bonds. The van der Waals surface area contributed by atoms with Crippen molar-refractivity contribution >= 4 is 49.1 Å². The Labute approximate surface area is 211 Å². The van der Waals surface area contributed by atoms with Crippen molar-refractivity contribution in [3.05, 3.63) is 64.6 Å². The van der Waals surface area contributed by atoms with Crippen molar-refractivity contribution in [1.29, 1.82) is 0 Å². The fourth-order valence-electron chi connectivity index (χ4n) is 3.50. The molecular weight excluding hydrogens is 516 g/mol. The summed E-state index contributed by atoms with van der Waals surface area (Å²) in [5.74, 6) is 1.17. The van der Waals surface area contributed by atoms with E-state index in [0.717, 1.165) is 25.3 Å². The first-order chi connectivity index (χ1) is 16.5. The highest BCUT2D eigenvalue weighted by Crippen LogP contribution is 2.40. The smallest absolute Gasteiger partial charge is 0.255 e. The standard InChI is InChI=1S/C26H25BrN2O4S/c1-4-31-21-13-16(14-22(32-5-2)24(21)33-6-3)25(30)28-19-12-11-17(27)15-18(19)26-29-20-9-7-8-10-23(20)34-26/h7-15H,4-6H2,1-3H3,(H,28,30). The summed E-state index contributed by atoms with van der Waals surface area (Å²) in [7, 11) is 0. The Morgan fingerprint density at radius 2 is 1.62 bits per heavy atom. The maximum atomic E-state index is 13.3. The monoisotopic (exact) mass is 540 g/mol. The zero-order chi connectivity index (χ0) is 24.1. The van der Waals surface area contributed by atoms with E-state index < -0.39 is 0 Å². The number of carbonyl (C=O) groups is 1. The highest BCUT2D eigenvalue weighted by molar-refractivity contribution is 9.10. The molecule has 4 rings (SSSR count). The maximum absolute atomic E-state index is 13.3. The van der Waals surface area contributed by atoms with Crippen LogP contribution >= 0.6 is 27.3 Å². The van der Waals surface area contributed by atoms with Gasteiger partial charge in [0.15, 0.2) is 11.5 Å². The highest BCUT2D eigenvalue weighted by atomic mass is 79.9. The molecule has 1 heterocycles. The summed E-state index contributed by atoms with van der Waals surface area (Å²) < 4.78 is 19.3. The Morgan fingerprint density at radius 1 is 0.941 bits per heavy atom. The van der Waals surface area contributed by atoms with Gasteiger partial charge in [0.1, 0.15) is 5.01 Å². The van der Waals surface area contributed by atoms with E-state index in [1.54, 1.807) is 23.5 Å². The molecule has 0 unspecified atom stereocenters. The van der Waals surface area contributed by atoms with Crippen LogP contribution in [0.25, 0.3) is 20.8 Å². The third-order valence-corrected chi connectivity index (χ3v) is 6.49. The number of para-hydroxylation sites is 1. The normalized spacial score (nSPS) is 10.8. The van der Waals surface area contributed by atoms with Crippen LogP contribution in [-0.4, -0.2) is 30.7 Å². The number of thiazole rings is 1. The van der Waals surface area contributed by atoms with Gasteiger partial charge < -0.3 is 19.5 Å². The zero-order valence-electron chi connectivity index (χ0n) is 19.2. The quantitative estimate of drug-likeness (QED) is 0.243. The van der Waals surface area contributed by atoms with Crippen LogP contribution in [0.1, 0.15) is 31.1 Å². The molecule has 0 spiro atoms. The Kier molecular flexibility index (Phi) is 7.70. The number of benzene rings is 3. The molecule has 4 aromatic rings. The average Bonchev–Trinajstić information content (AvgIpc) is 3.26. The van der Waals surface area contributed by atoms with Crippen molar-refractivity contribution in [3.63, 3.8) is 0 Å². The van der Waals surface area contributed by atoms with Gasteiger partial charge in [0.25, 0.3) is 5.91 Å². The van der Waals surface area contributed by atoms with Crippen LogP contribution < -0.4 is 19.5 Å². The number of rotatable bonds is 9. The van der Waals surface area contributed by atoms with Crippen LogP contribution in [0.3, 0.4) is 0 Å². The van der Waals surface area contributed by atoms with Crippen molar-refractivity contribution < 1.29 is 19.0 Å². The van der Waals surface area contributed by atoms with Crippen molar-refractivity contribution in [2.24, 2.45) is 0 Å². The minimum atomic E-state index is -0.283. The number of fused-ring (bicyclic) bond motifs is 1. The predicted molar refractivity (Wildman–Crippen MR) is 141 cm³/mol. The number of carbonyl (C=O) groups excluding carboxylic acids is 1. The Balaban J connectivity index is 1.71. The van der Waals surface area contributed by atoms with Gasteiger partial charge in [-0.3, -0.25) is 4.79 Å². The van der Waals surface area contributed by atoms with E-state index in [2.05, 4.69) is 21.2 Å². The van der Waals surface area contributed by atoms with Gasteiger partial charge in [0.2, 0.25) is 5.75 Å². The fraction of sp³-hybridized carbons (Fsp3) is 0.231. The van der Waals surface area contributed by atoms with Gasteiger partial charge in [0.05, 0.1) is 35.7 Å². The van der Waals surface area contributed by atoms with E-state index in [0.29, 0.717) is 48.3 Å². The summed E-state index contributed by atoms with van der Waals surface area (Å²) in [4.78, 5) is 18.1. The lowest BCUT2D eigenvalue weighted by Gasteiger charge is -2.17. The second-order valence-electron chi connectivity index (χ2n) is 7.23. The van der Waals surface area contributed by atoms with Crippen LogP contribution in [0.15, 0.2) is 59.1 Å². The largest absolute Gasteiger partial charge is 0.490 e. The zero-order valence-corrected chi connectivity index (χ0v) is 21.6. The molecule has 0 bridgehead atoms. The van der Waals surface area contributed by atoms with Gasteiger partial charge in [-0.25, -0.2) is 4.98 Å². The highest BCUT2D eigenvalue weighted by Gasteiger charge is 2.20. The maximum Gasteiger partial charge on any atom is 0.255 e. The number of aromatic nitrogens is 1. The van der Waals surface area contributed by atoms with Gasteiger partial charge >= 0.3 is 0 Å². The first-order valence-corrected chi connectivity index (χ1v) is 12.7. The van der Waals surface area contributed by atoms with Crippen LogP contribution in [0.5, 0.6) is 17.2 Å². The molecule has 0 aliphatic heterocycles. The van der Waals surface area contributed by atoms with Gasteiger partial charge in [-0.1, -0.05) is 28.1 Å². The molecule has 0 aliphatic rings. The second-order valence-corrected chi connectivity index (χ2v) is 9.18. The predicted octanol–water partition coefficient (Wildman–Crippen LogP) is 7.17. The number of anilines is 1. The summed E-state index contributed by atoms with van der Waals surface area (Å²) in [6.07, 6.45) is 0. The molecule has 34 heavy (non-hydrogen) atoms. The number of nitrogens with zero attached hydrogens (tertiary/aromatic N) is 1. The third-order valence-electron chi connectivity index (χ3n) is 4.93. The van der Waals surface area contributed by atoms with Gasteiger partial charge in [-0.15, -0.1) is 11.3 Å². The van der Waals surface area contributed by atoms with Crippen LogP contribution in [-0.2, 0) is 0 Å². The van der Waals surface area contributed by atoms with Crippen LogP contribution in [0.4, 0.5) is 5.69 Å². The van der Waals surface area contributed by atoms with Crippen LogP contribution in [0, 0.1) is 0 Å². The number of hydrogen-bond donors (Lipinski definition) is 1. The van der Waals surface area contributed by atoms with E-state index in [-0.39, 0.29) is 5.91 Å². The van der Waals surface area contributed by atoms with E-state index >= 15 is 0 Å². The lowest BCUT2D eigenvalue weighted by Crippen LogP contribution is -2.14. The summed E-state index contributed by atoms with van der Waals surface area (Å²) in [5, 5.41) is 3.87. The third kappa shape index (κ3) is 5.18. The molecule has 6 nitrogen and oxygen atoms in total. The lowest BCUT2D eigenvalue weighted by molar-refractivity contribution is 0.102. The fourth-order valence-corrected chi connectivity index (χ4v) is 4.86. The minimum absolute atomic E-state index is 0.283. The topological polar surface area (TPSA) is 69.7 Å². The molecule has 0 atom stereocenters. The second kappa shape index (κ2) is 10.9. The van der Waals surface area contributed by atoms with E-state index in [9.17, 15) is 4.79 Å². The Hall–Kier alpha value is -3.10. The van der Waals surface area contributed by atoms with E-state index in [1.807, 2.05) is 63.2 Å². The van der Waals surface area contributed by atoms with Gasteiger partial charge in [-0.05, 0) is 63.2 Å². The summed E-state index contributed by atoms with van der Waals surface area (Å²) in [6.45, 7) is 6.99. The molecule has 1 N–H and O–H groups in total. The van der Waals surface area contributed by atoms with Crippen LogP contribution in [0.2, 0.25) is 0 Å². The van der Waals surface area contributed by atoms with Gasteiger partial charge in [-0.2, -0.15) is 0 Å². The molecule has 0 saturated heterocycles. The average molecular weight is 541 g/mol. The molecule has 1 aromatic heterocycles. The van der Waals surface area contributed by atoms with E-state index in [1.165, 1.54) is 0 Å². The molecule has 8 heteroatoms. The van der Waals surface area contributed by atoms with Crippen molar-refractivity contribution in [3.8, 4) is 27.8 Å². The minimum Gasteiger partial charge on any atom is -0.490 e. The number of ether oxygens (including phenoxy) is 3. The SMILES string of the molecule is CCOc1cc(C(=O)Nc2ccc(Br)cc2-c2nc3ccccc3s2)cc(OCC)c1OCC. The molecule has 0 radical (unpaired) electrons. The molecule has 176 valence electrons. The molecule has 0 fully saturated rings. The molecule has 0 saturated carbocycles. The van der Waals surface area contributed by atoms with Crippen molar-refractivity contribution in [2.45, 2.75) is 20.8 Å². The van der Waals surface area contributed by atoms with Gasteiger partial charge in [0, 0.05) is 15.6 Å². The lowest BCUT2D eigenvalue weighted by atomic mass is 10.1. The van der Waals surface area contributed by atoms with E-state index in [4.69, 9.17) is 19.2 Å². The number of nitrogens with one attached hydrogen (secondary N) is 1. The molecule has 3 aromatic carbocycles. The van der Waals surface area contributed by atoms with Crippen molar-refractivity contribution in [2.75, 3.05) is 25.1 Å². The first kappa shape index (κ1) is 24.0. The Morgan fingerprint density at radius 3 is 2.26 bits per heavy atom.